The second-order valence-corrected chi connectivity index (χ2v) is 12.7. The van der Waals surface area contributed by atoms with Crippen LogP contribution in [0.1, 0.15) is 90.1 Å². The molecule has 218 valence electrons. The molecule has 0 spiro atoms. The van der Waals surface area contributed by atoms with E-state index in [0.29, 0.717) is 17.7 Å². The standard InChI is InChI=1S/C33H47N3O4/c1-12-24-17-14-18-25(20-24)28(29(37)35-27-22(4)15-13-16-23(27)5)36(32(6,7)8)30(38)26(19-21(2)3)34-31(39)40-33(9,10)11/h12-18,20-21,26,28H,1,19H2,2-11H3,(H,34,39)(H,35,37). The number of aryl methyl sites for hydroxylation is 2. The highest BCUT2D eigenvalue weighted by molar-refractivity contribution is 6.00. The molecule has 7 heteroatoms. The normalized spacial score (nSPS) is 13.3. The van der Waals surface area contributed by atoms with Crippen molar-refractivity contribution in [1.29, 1.82) is 0 Å². The Balaban J connectivity index is 2.67. The van der Waals surface area contributed by atoms with Gasteiger partial charge in [-0.1, -0.05) is 62.9 Å². The molecule has 0 aliphatic heterocycles. The number of para-hydroxylation sites is 1. The number of carbonyl (C=O) groups excluding carboxylic acids is 3. The number of hydrogen-bond donors (Lipinski definition) is 2. The highest BCUT2D eigenvalue weighted by Crippen LogP contribution is 2.33. The fourth-order valence-corrected chi connectivity index (χ4v) is 4.63. The van der Waals surface area contributed by atoms with Crippen molar-refractivity contribution >= 4 is 29.7 Å². The van der Waals surface area contributed by atoms with E-state index in [1.54, 1.807) is 31.7 Å². The van der Waals surface area contributed by atoms with Crippen molar-refractivity contribution in [1.82, 2.24) is 10.2 Å². The van der Waals surface area contributed by atoms with Crippen LogP contribution in [0.4, 0.5) is 10.5 Å². The molecule has 0 aromatic heterocycles. The maximum absolute atomic E-state index is 14.4. The molecule has 0 saturated heterocycles. The number of hydrogen-bond acceptors (Lipinski definition) is 4. The maximum atomic E-state index is 14.4. The summed E-state index contributed by atoms with van der Waals surface area (Å²) in [5.74, 6) is -0.614. The predicted molar refractivity (Wildman–Crippen MR) is 163 cm³/mol. The number of amides is 3. The lowest BCUT2D eigenvalue weighted by molar-refractivity contribution is -0.147. The smallest absolute Gasteiger partial charge is 0.408 e. The van der Waals surface area contributed by atoms with Crippen LogP contribution in [0.15, 0.2) is 49.0 Å². The van der Waals surface area contributed by atoms with E-state index in [1.165, 1.54) is 0 Å². The lowest BCUT2D eigenvalue weighted by Crippen LogP contribution is -2.58. The van der Waals surface area contributed by atoms with Gasteiger partial charge in [-0.25, -0.2) is 4.79 Å². The Labute approximate surface area is 240 Å². The van der Waals surface area contributed by atoms with Crippen molar-refractivity contribution in [2.45, 2.75) is 98.9 Å². The van der Waals surface area contributed by atoms with Gasteiger partial charge in [0, 0.05) is 11.2 Å². The zero-order valence-electron chi connectivity index (χ0n) is 25.8. The maximum Gasteiger partial charge on any atom is 0.408 e. The first-order valence-corrected chi connectivity index (χ1v) is 13.9. The fraction of sp³-hybridized carbons (Fsp3) is 0.485. The van der Waals surface area contributed by atoms with Gasteiger partial charge in [0.25, 0.3) is 5.91 Å². The summed E-state index contributed by atoms with van der Waals surface area (Å²) in [4.78, 5) is 43.1. The molecular formula is C33H47N3O4. The quantitative estimate of drug-likeness (QED) is 0.346. The van der Waals surface area contributed by atoms with E-state index in [1.807, 2.05) is 90.9 Å². The van der Waals surface area contributed by atoms with Gasteiger partial charge in [0.15, 0.2) is 0 Å². The molecule has 0 saturated carbocycles. The monoisotopic (exact) mass is 549 g/mol. The van der Waals surface area contributed by atoms with Crippen LogP contribution in [0, 0.1) is 19.8 Å². The number of anilines is 1. The summed E-state index contributed by atoms with van der Waals surface area (Å²) in [6.45, 7) is 22.7. The third-order valence-corrected chi connectivity index (χ3v) is 6.35. The molecule has 2 rings (SSSR count). The van der Waals surface area contributed by atoms with Gasteiger partial charge in [-0.15, -0.1) is 0 Å². The third kappa shape index (κ3) is 8.97. The topological polar surface area (TPSA) is 87.7 Å². The molecule has 7 nitrogen and oxygen atoms in total. The van der Waals surface area contributed by atoms with Crippen molar-refractivity contribution in [3.63, 3.8) is 0 Å². The molecule has 0 aliphatic carbocycles. The van der Waals surface area contributed by atoms with E-state index in [0.717, 1.165) is 16.7 Å². The average Bonchev–Trinajstić information content (AvgIpc) is 2.81. The molecule has 2 N–H and O–H groups in total. The van der Waals surface area contributed by atoms with Gasteiger partial charge in [-0.2, -0.15) is 0 Å². The van der Waals surface area contributed by atoms with Crippen LogP contribution in [-0.2, 0) is 14.3 Å². The van der Waals surface area contributed by atoms with E-state index < -0.39 is 29.3 Å². The summed E-state index contributed by atoms with van der Waals surface area (Å²) in [6.07, 6.45) is 1.41. The Kier molecular flexibility index (Phi) is 10.7. The third-order valence-electron chi connectivity index (χ3n) is 6.35. The molecule has 2 unspecified atom stereocenters. The minimum absolute atomic E-state index is 0.0942. The van der Waals surface area contributed by atoms with Crippen molar-refractivity contribution < 1.29 is 19.1 Å². The van der Waals surface area contributed by atoms with E-state index in [-0.39, 0.29) is 17.7 Å². The lowest BCUT2D eigenvalue weighted by atomic mass is 9.92. The summed E-state index contributed by atoms with van der Waals surface area (Å²) < 4.78 is 5.48. The zero-order valence-corrected chi connectivity index (χ0v) is 25.8. The van der Waals surface area contributed by atoms with Crippen LogP contribution in [0.5, 0.6) is 0 Å². The van der Waals surface area contributed by atoms with Crippen LogP contribution in [0.2, 0.25) is 0 Å². The molecule has 0 fully saturated rings. The average molecular weight is 550 g/mol. The van der Waals surface area contributed by atoms with Crippen LogP contribution >= 0.6 is 0 Å². The number of alkyl carbamates (subject to hydrolysis) is 1. The van der Waals surface area contributed by atoms with Gasteiger partial charge in [0.05, 0.1) is 0 Å². The van der Waals surface area contributed by atoms with Gasteiger partial charge in [0.1, 0.15) is 17.7 Å². The molecule has 0 heterocycles. The Morgan fingerprint density at radius 1 is 0.975 bits per heavy atom. The summed E-state index contributed by atoms with van der Waals surface area (Å²) in [7, 11) is 0. The minimum Gasteiger partial charge on any atom is -0.444 e. The van der Waals surface area contributed by atoms with Gasteiger partial charge < -0.3 is 20.3 Å². The molecule has 0 aliphatic rings. The predicted octanol–water partition coefficient (Wildman–Crippen LogP) is 7.19. The second-order valence-electron chi connectivity index (χ2n) is 12.7. The van der Waals surface area contributed by atoms with E-state index >= 15 is 0 Å². The van der Waals surface area contributed by atoms with Gasteiger partial charge in [-0.3, -0.25) is 9.59 Å². The Morgan fingerprint density at radius 3 is 2.05 bits per heavy atom. The number of benzene rings is 2. The molecule has 0 bridgehead atoms. The van der Waals surface area contributed by atoms with Crippen molar-refractivity contribution in [3.05, 3.63) is 71.3 Å². The van der Waals surface area contributed by atoms with Crippen molar-refractivity contribution in [2.75, 3.05) is 5.32 Å². The second kappa shape index (κ2) is 13.2. The summed E-state index contributed by atoms with van der Waals surface area (Å²) in [5.41, 5.74) is 2.52. The Hall–Kier alpha value is -3.61. The molecular weight excluding hydrogens is 502 g/mol. The van der Waals surface area contributed by atoms with Crippen LogP contribution < -0.4 is 10.6 Å². The van der Waals surface area contributed by atoms with Crippen LogP contribution in [0.3, 0.4) is 0 Å². The van der Waals surface area contributed by atoms with Gasteiger partial charge >= 0.3 is 6.09 Å². The number of rotatable bonds is 9. The van der Waals surface area contributed by atoms with Gasteiger partial charge in [0.2, 0.25) is 5.91 Å². The summed E-state index contributed by atoms with van der Waals surface area (Å²) >= 11 is 0. The first-order valence-electron chi connectivity index (χ1n) is 13.9. The Bertz CT molecular complexity index is 1200. The number of nitrogens with one attached hydrogen (secondary N) is 2. The number of nitrogens with zero attached hydrogens (tertiary/aromatic N) is 1. The summed E-state index contributed by atoms with van der Waals surface area (Å²) in [6, 6.07) is 11.4. The molecule has 2 aromatic rings. The van der Waals surface area contributed by atoms with Crippen molar-refractivity contribution in [2.24, 2.45) is 5.92 Å². The van der Waals surface area contributed by atoms with Gasteiger partial charge in [-0.05, 0) is 96.0 Å². The highest BCUT2D eigenvalue weighted by Gasteiger charge is 2.42. The van der Waals surface area contributed by atoms with E-state index in [2.05, 4.69) is 17.2 Å². The van der Waals surface area contributed by atoms with Crippen molar-refractivity contribution in [3.8, 4) is 0 Å². The summed E-state index contributed by atoms with van der Waals surface area (Å²) in [5, 5.41) is 5.90. The fourth-order valence-electron chi connectivity index (χ4n) is 4.63. The molecule has 2 atom stereocenters. The minimum atomic E-state index is -0.985. The van der Waals surface area contributed by atoms with E-state index in [9.17, 15) is 14.4 Å². The van der Waals surface area contributed by atoms with E-state index in [4.69, 9.17) is 4.74 Å². The molecule has 40 heavy (non-hydrogen) atoms. The molecule has 3 amide bonds. The lowest BCUT2D eigenvalue weighted by Gasteiger charge is -2.43. The Morgan fingerprint density at radius 2 is 1.55 bits per heavy atom. The van der Waals surface area contributed by atoms with Crippen LogP contribution in [-0.4, -0.2) is 40.0 Å². The van der Waals surface area contributed by atoms with Crippen LogP contribution in [0.25, 0.3) is 6.08 Å². The largest absolute Gasteiger partial charge is 0.444 e. The SMILES string of the molecule is C=Cc1cccc(C(C(=O)Nc2c(C)cccc2C)N(C(=O)C(CC(C)C)NC(=O)OC(C)(C)C)C(C)(C)C)c1. The zero-order chi connectivity index (χ0) is 30.4. The highest BCUT2D eigenvalue weighted by atomic mass is 16.6. The number of carbonyl (C=O) groups is 3. The number of ether oxygens (including phenoxy) is 1. The molecule has 0 radical (unpaired) electrons. The molecule has 2 aromatic carbocycles. The first kappa shape index (κ1) is 32.6. The first-order chi connectivity index (χ1) is 18.4.